The molecule has 2 aromatic carbocycles. The highest BCUT2D eigenvalue weighted by Gasteiger charge is 2.61. The summed E-state index contributed by atoms with van der Waals surface area (Å²) in [4.78, 5) is 13.5. The number of carbonyl (C=O) groups is 1. The van der Waals surface area contributed by atoms with Crippen LogP contribution in [0.15, 0.2) is 36.4 Å². The Kier molecular flexibility index (Phi) is 7.58. The fraction of sp³-hybridized carbons (Fsp3) is 0.481. The summed E-state index contributed by atoms with van der Waals surface area (Å²) in [5, 5.41) is 13.8. The van der Waals surface area contributed by atoms with E-state index >= 15 is 4.39 Å². The van der Waals surface area contributed by atoms with E-state index in [0.29, 0.717) is 12.0 Å². The average molecular weight is 523 g/mol. The van der Waals surface area contributed by atoms with Gasteiger partial charge >= 0.3 is 5.97 Å². The molecular formula is C27H30Cl2F2N2O2. The number of esters is 1. The molecule has 0 saturated carbocycles. The summed E-state index contributed by atoms with van der Waals surface area (Å²) >= 11 is 12.1. The molecule has 1 saturated heterocycles. The molecule has 0 aromatic heterocycles. The first kappa shape index (κ1) is 27.4. The van der Waals surface area contributed by atoms with Crippen molar-refractivity contribution in [2.24, 2.45) is 5.41 Å². The number of ether oxygens (including phenoxy) is 1. The molecule has 0 aliphatic carbocycles. The van der Waals surface area contributed by atoms with Crippen LogP contribution in [0.5, 0.6) is 0 Å². The van der Waals surface area contributed by atoms with Crippen molar-refractivity contribution in [1.29, 1.82) is 5.26 Å². The van der Waals surface area contributed by atoms with Crippen LogP contribution >= 0.6 is 23.2 Å². The molecule has 8 heteroatoms. The molecule has 0 radical (unpaired) electrons. The first-order chi connectivity index (χ1) is 16.1. The van der Waals surface area contributed by atoms with E-state index in [-0.39, 0.29) is 21.0 Å². The lowest BCUT2D eigenvalue weighted by Gasteiger charge is -2.37. The number of benzene rings is 2. The third kappa shape index (κ3) is 5.48. The SMILES string of the molecule is CC(C)(C)CC1NC(C(=O)OC(C)(C)C)C(c2cccc(Cl)c2F)C1(C#N)c1ccc(Cl)c(F)c1. The van der Waals surface area contributed by atoms with Crippen LogP contribution < -0.4 is 5.32 Å². The molecule has 35 heavy (non-hydrogen) atoms. The van der Waals surface area contributed by atoms with Crippen molar-refractivity contribution in [3.63, 3.8) is 0 Å². The molecule has 1 aliphatic heterocycles. The topological polar surface area (TPSA) is 62.1 Å². The zero-order valence-electron chi connectivity index (χ0n) is 20.7. The van der Waals surface area contributed by atoms with Crippen molar-refractivity contribution in [2.75, 3.05) is 0 Å². The van der Waals surface area contributed by atoms with Gasteiger partial charge in [-0.1, -0.05) is 62.2 Å². The number of nitrogens with zero attached hydrogens (tertiary/aromatic N) is 1. The Hall–Kier alpha value is -2.20. The molecule has 4 unspecified atom stereocenters. The molecule has 1 fully saturated rings. The van der Waals surface area contributed by atoms with Crippen molar-refractivity contribution >= 4 is 29.2 Å². The van der Waals surface area contributed by atoms with E-state index in [0.717, 1.165) is 0 Å². The van der Waals surface area contributed by atoms with Crippen molar-refractivity contribution in [2.45, 2.75) is 77.0 Å². The van der Waals surface area contributed by atoms with Crippen molar-refractivity contribution in [3.8, 4) is 6.07 Å². The Morgan fingerprint density at radius 2 is 1.77 bits per heavy atom. The fourth-order valence-electron chi connectivity index (χ4n) is 4.86. The quantitative estimate of drug-likeness (QED) is 0.442. The average Bonchev–Trinajstić information content (AvgIpc) is 3.04. The third-order valence-electron chi connectivity index (χ3n) is 6.13. The number of hydrogen-bond acceptors (Lipinski definition) is 4. The maximum Gasteiger partial charge on any atom is 0.324 e. The summed E-state index contributed by atoms with van der Waals surface area (Å²) in [5.41, 5.74) is -2.27. The monoisotopic (exact) mass is 522 g/mol. The van der Waals surface area contributed by atoms with Gasteiger partial charge in [0.15, 0.2) is 0 Å². The van der Waals surface area contributed by atoms with E-state index in [1.54, 1.807) is 32.9 Å². The van der Waals surface area contributed by atoms with E-state index in [2.05, 4.69) is 11.4 Å². The predicted molar refractivity (Wildman–Crippen MR) is 133 cm³/mol. The first-order valence-electron chi connectivity index (χ1n) is 11.4. The Morgan fingerprint density at radius 3 is 2.31 bits per heavy atom. The van der Waals surface area contributed by atoms with Crippen molar-refractivity contribution in [3.05, 3.63) is 69.2 Å². The lowest BCUT2D eigenvalue weighted by Crippen LogP contribution is -2.44. The molecule has 1 heterocycles. The number of rotatable bonds is 4. The molecule has 1 aliphatic rings. The number of halogens is 4. The summed E-state index contributed by atoms with van der Waals surface area (Å²) in [6.45, 7) is 11.2. The molecule has 188 valence electrons. The molecule has 0 spiro atoms. The second kappa shape index (κ2) is 9.69. The number of nitriles is 1. The largest absolute Gasteiger partial charge is 0.459 e. The van der Waals surface area contributed by atoms with E-state index in [4.69, 9.17) is 27.9 Å². The molecule has 4 atom stereocenters. The molecule has 0 bridgehead atoms. The summed E-state index contributed by atoms with van der Waals surface area (Å²) in [5.74, 6) is -3.14. The molecular weight excluding hydrogens is 493 g/mol. The van der Waals surface area contributed by atoms with Crippen LogP contribution in [0, 0.1) is 28.4 Å². The number of nitrogens with one attached hydrogen (secondary N) is 1. The van der Waals surface area contributed by atoms with Gasteiger partial charge in [0.2, 0.25) is 0 Å². The van der Waals surface area contributed by atoms with Crippen LogP contribution in [-0.4, -0.2) is 23.7 Å². The summed E-state index contributed by atoms with van der Waals surface area (Å²) in [6.07, 6.45) is 0.433. The summed E-state index contributed by atoms with van der Waals surface area (Å²) in [7, 11) is 0. The van der Waals surface area contributed by atoms with Crippen molar-refractivity contribution < 1.29 is 18.3 Å². The highest BCUT2D eigenvalue weighted by Crippen LogP contribution is 2.52. The van der Waals surface area contributed by atoms with E-state index in [1.807, 2.05) is 20.8 Å². The van der Waals surface area contributed by atoms with Crippen LogP contribution in [0.4, 0.5) is 8.78 Å². The standard InChI is InChI=1S/C27H30Cl2F2N2O2/c1-25(2,3)13-20-27(14-32,15-10-11-17(28)19(30)12-15)21(16-8-7-9-18(29)22(16)31)23(33-20)24(34)35-26(4,5)6/h7-12,20-21,23,33H,13H2,1-6H3. The van der Waals surface area contributed by atoms with Crippen molar-refractivity contribution in [1.82, 2.24) is 5.32 Å². The lowest BCUT2D eigenvalue weighted by atomic mass is 9.63. The van der Waals surface area contributed by atoms with Crippen LogP contribution in [0.25, 0.3) is 0 Å². The zero-order chi connectivity index (χ0) is 26.3. The van der Waals surface area contributed by atoms with Crippen LogP contribution in [0.1, 0.15) is 65.0 Å². The van der Waals surface area contributed by atoms with Crippen LogP contribution in [0.2, 0.25) is 10.0 Å². The van der Waals surface area contributed by atoms with Crippen LogP contribution in [0.3, 0.4) is 0 Å². The van der Waals surface area contributed by atoms with Gasteiger partial charge in [0.05, 0.1) is 16.1 Å². The zero-order valence-corrected chi connectivity index (χ0v) is 22.2. The Bertz CT molecular complexity index is 1170. The molecule has 1 N–H and O–H groups in total. The second-order valence-corrected chi connectivity index (χ2v) is 12.0. The number of hydrogen-bond donors (Lipinski definition) is 1. The minimum Gasteiger partial charge on any atom is -0.459 e. The molecule has 2 aromatic rings. The lowest BCUT2D eigenvalue weighted by molar-refractivity contribution is -0.157. The van der Waals surface area contributed by atoms with E-state index in [9.17, 15) is 14.4 Å². The fourth-order valence-corrected chi connectivity index (χ4v) is 5.16. The summed E-state index contributed by atoms with van der Waals surface area (Å²) < 4.78 is 35.9. The normalized spacial score (nSPS) is 24.8. The minimum atomic E-state index is -1.54. The highest BCUT2D eigenvalue weighted by atomic mass is 35.5. The maximum atomic E-state index is 15.5. The Labute approximate surface area is 215 Å². The second-order valence-electron chi connectivity index (χ2n) is 11.2. The van der Waals surface area contributed by atoms with Gasteiger partial charge in [-0.15, -0.1) is 0 Å². The van der Waals surface area contributed by atoms with E-state index < -0.39 is 46.6 Å². The Balaban J connectivity index is 2.35. The summed E-state index contributed by atoms with van der Waals surface area (Å²) in [6, 6.07) is 9.21. The number of carbonyl (C=O) groups excluding carboxylic acids is 1. The van der Waals surface area contributed by atoms with Gasteiger partial charge in [-0.05, 0) is 61.9 Å². The van der Waals surface area contributed by atoms with Gasteiger partial charge in [0, 0.05) is 12.0 Å². The maximum absolute atomic E-state index is 15.5. The highest BCUT2D eigenvalue weighted by molar-refractivity contribution is 6.31. The molecule has 4 nitrogen and oxygen atoms in total. The molecule has 3 rings (SSSR count). The van der Waals surface area contributed by atoms with Gasteiger partial charge in [0.1, 0.15) is 28.7 Å². The third-order valence-corrected chi connectivity index (χ3v) is 6.73. The Morgan fingerprint density at radius 1 is 1.11 bits per heavy atom. The smallest absolute Gasteiger partial charge is 0.324 e. The minimum absolute atomic E-state index is 0.0779. The predicted octanol–water partition coefficient (Wildman–Crippen LogP) is 6.94. The van der Waals surface area contributed by atoms with Gasteiger partial charge in [0.25, 0.3) is 0 Å². The van der Waals surface area contributed by atoms with Gasteiger partial charge < -0.3 is 4.74 Å². The van der Waals surface area contributed by atoms with E-state index in [1.165, 1.54) is 24.3 Å². The first-order valence-corrected chi connectivity index (χ1v) is 12.2. The molecule has 0 amide bonds. The van der Waals surface area contributed by atoms with Gasteiger partial charge in [-0.2, -0.15) is 5.26 Å². The van der Waals surface area contributed by atoms with Gasteiger partial charge in [-0.25, -0.2) is 8.78 Å². The van der Waals surface area contributed by atoms with Crippen LogP contribution in [-0.2, 0) is 14.9 Å². The van der Waals surface area contributed by atoms with Gasteiger partial charge in [-0.3, -0.25) is 10.1 Å².